The van der Waals surface area contributed by atoms with Gasteiger partial charge in [0.2, 0.25) is 0 Å². The molecule has 2 N–H and O–H groups in total. The molecule has 0 aromatic carbocycles. The molecular weight excluding hydrogens is 240 g/mol. The van der Waals surface area contributed by atoms with Crippen LogP contribution in [0, 0.1) is 6.92 Å². The summed E-state index contributed by atoms with van der Waals surface area (Å²) in [6.07, 6.45) is 0. The second-order valence-electron chi connectivity index (χ2n) is 5.53. The van der Waals surface area contributed by atoms with Crippen LogP contribution < -0.4 is 10.6 Å². The minimum atomic E-state index is -0.271. The number of furan rings is 1. The van der Waals surface area contributed by atoms with Gasteiger partial charge in [0.05, 0.1) is 0 Å². The maximum absolute atomic E-state index is 5.99. The number of nitrogens with zero attached hydrogens (tertiary/aromatic N) is 3. The van der Waals surface area contributed by atoms with Gasteiger partial charge in [0.25, 0.3) is 0 Å². The Morgan fingerprint density at radius 1 is 1.21 bits per heavy atom. The van der Waals surface area contributed by atoms with Gasteiger partial charge in [-0.15, -0.1) is 10.2 Å². The van der Waals surface area contributed by atoms with Crippen molar-refractivity contribution in [1.82, 2.24) is 10.2 Å². The molecule has 0 bridgehead atoms. The van der Waals surface area contributed by atoms with Gasteiger partial charge in [0.15, 0.2) is 11.6 Å². The first-order chi connectivity index (χ1) is 8.85. The van der Waals surface area contributed by atoms with Gasteiger partial charge in [-0.3, -0.25) is 0 Å². The third kappa shape index (κ3) is 3.54. The van der Waals surface area contributed by atoms with Crippen LogP contribution in [-0.2, 0) is 0 Å². The molecule has 0 radical (unpaired) electrons. The normalized spacial score (nSPS) is 11.6. The lowest BCUT2D eigenvalue weighted by Gasteiger charge is -2.26. The fourth-order valence-electron chi connectivity index (χ4n) is 1.92. The average molecular weight is 260 g/mol. The summed E-state index contributed by atoms with van der Waals surface area (Å²) < 4.78 is 5.51. The van der Waals surface area contributed by atoms with Crippen molar-refractivity contribution in [2.45, 2.75) is 26.3 Å². The second kappa shape index (κ2) is 5.01. The zero-order valence-corrected chi connectivity index (χ0v) is 11.8. The van der Waals surface area contributed by atoms with Crippen molar-refractivity contribution < 1.29 is 4.42 Å². The van der Waals surface area contributed by atoms with E-state index in [4.69, 9.17) is 10.2 Å². The summed E-state index contributed by atoms with van der Waals surface area (Å²) >= 11 is 0. The van der Waals surface area contributed by atoms with E-state index in [1.54, 1.807) is 0 Å². The molecule has 0 fully saturated rings. The first kappa shape index (κ1) is 13.5. The predicted octanol–water partition coefficient (Wildman–Crippen LogP) is 2.22. The van der Waals surface area contributed by atoms with E-state index in [9.17, 15) is 0 Å². The van der Waals surface area contributed by atoms with E-state index in [-0.39, 0.29) is 5.54 Å². The smallest absolute Gasteiger partial charge is 0.154 e. The zero-order chi connectivity index (χ0) is 14.0. The lowest BCUT2D eigenvalue weighted by Crippen LogP contribution is -2.44. The summed E-state index contributed by atoms with van der Waals surface area (Å²) in [6.45, 7) is 6.58. The largest absolute Gasteiger partial charge is 0.460 e. The Morgan fingerprint density at radius 2 is 1.95 bits per heavy atom. The molecule has 102 valence electrons. The summed E-state index contributed by atoms with van der Waals surface area (Å²) in [6, 6.07) is 7.63. The quantitative estimate of drug-likeness (QED) is 0.913. The van der Waals surface area contributed by atoms with Crippen molar-refractivity contribution in [3.05, 3.63) is 30.0 Å². The van der Waals surface area contributed by atoms with E-state index in [0.717, 1.165) is 23.0 Å². The third-order valence-corrected chi connectivity index (χ3v) is 2.68. The highest BCUT2D eigenvalue weighted by Gasteiger charge is 2.15. The van der Waals surface area contributed by atoms with Crippen molar-refractivity contribution in [3.63, 3.8) is 0 Å². The number of nitrogens with two attached hydrogens (primary N) is 1. The molecule has 0 saturated carbocycles. The average Bonchev–Trinajstić information content (AvgIpc) is 2.74. The number of likely N-dealkylation sites (N-methyl/N-ethyl adjacent to an activating group) is 1. The molecule has 0 unspecified atom stereocenters. The fraction of sp³-hybridized carbons (Fsp3) is 0.429. The molecule has 0 atom stereocenters. The molecule has 0 aliphatic rings. The Hall–Kier alpha value is -1.88. The van der Waals surface area contributed by atoms with Crippen LogP contribution in [0.3, 0.4) is 0 Å². The fourth-order valence-corrected chi connectivity index (χ4v) is 1.92. The molecule has 5 heteroatoms. The molecule has 0 aliphatic carbocycles. The Morgan fingerprint density at radius 3 is 2.42 bits per heavy atom. The van der Waals surface area contributed by atoms with Crippen LogP contribution in [0.2, 0.25) is 0 Å². The second-order valence-corrected chi connectivity index (χ2v) is 5.53. The first-order valence-electron chi connectivity index (χ1n) is 6.26. The van der Waals surface area contributed by atoms with Crippen LogP contribution in [0.5, 0.6) is 0 Å². The SMILES string of the molecule is Cc1ccc(-c2ccc(N(C)CC(C)(C)N)nn2)o1. The lowest BCUT2D eigenvalue weighted by molar-refractivity contribution is 0.516. The Kier molecular flexibility index (Phi) is 3.57. The monoisotopic (exact) mass is 260 g/mol. The summed E-state index contributed by atoms with van der Waals surface area (Å²) in [5.74, 6) is 2.40. The Balaban J connectivity index is 2.14. The highest BCUT2D eigenvalue weighted by Crippen LogP contribution is 2.20. The maximum Gasteiger partial charge on any atom is 0.154 e. The molecule has 19 heavy (non-hydrogen) atoms. The molecule has 0 amide bonds. The van der Waals surface area contributed by atoms with Gasteiger partial charge in [-0.05, 0) is 45.0 Å². The Bertz CT molecular complexity index is 539. The number of aryl methyl sites for hydroxylation is 1. The van der Waals surface area contributed by atoms with Crippen LogP contribution >= 0.6 is 0 Å². The number of hydrogen-bond donors (Lipinski definition) is 1. The van der Waals surface area contributed by atoms with Crippen molar-refractivity contribution in [3.8, 4) is 11.5 Å². The summed E-state index contributed by atoms with van der Waals surface area (Å²) in [7, 11) is 1.95. The summed E-state index contributed by atoms with van der Waals surface area (Å²) in [5, 5.41) is 8.40. The van der Waals surface area contributed by atoms with E-state index in [1.807, 2.05) is 57.0 Å². The highest BCUT2D eigenvalue weighted by atomic mass is 16.3. The van der Waals surface area contributed by atoms with Crippen LogP contribution in [0.1, 0.15) is 19.6 Å². The third-order valence-electron chi connectivity index (χ3n) is 2.68. The van der Waals surface area contributed by atoms with E-state index in [2.05, 4.69) is 10.2 Å². The predicted molar refractivity (Wildman–Crippen MR) is 76.0 cm³/mol. The van der Waals surface area contributed by atoms with Crippen molar-refractivity contribution >= 4 is 5.82 Å². The van der Waals surface area contributed by atoms with Gasteiger partial charge < -0.3 is 15.1 Å². The van der Waals surface area contributed by atoms with E-state index < -0.39 is 0 Å². The molecule has 2 aromatic rings. The van der Waals surface area contributed by atoms with E-state index in [1.165, 1.54) is 0 Å². The number of aromatic nitrogens is 2. The number of hydrogen-bond acceptors (Lipinski definition) is 5. The Labute approximate surface area is 113 Å². The molecule has 2 heterocycles. The van der Waals surface area contributed by atoms with Gasteiger partial charge in [-0.1, -0.05) is 0 Å². The molecule has 0 saturated heterocycles. The lowest BCUT2D eigenvalue weighted by atomic mass is 10.1. The van der Waals surface area contributed by atoms with Gasteiger partial charge in [0, 0.05) is 19.1 Å². The summed E-state index contributed by atoms with van der Waals surface area (Å²) in [5.41, 5.74) is 6.46. The molecule has 0 spiro atoms. The number of rotatable bonds is 4. The van der Waals surface area contributed by atoms with E-state index >= 15 is 0 Å². The molecule has 0 aliphatic heterocycles. The standard InChI is InChI=1S/C14H20N4O/c1-10-5-7-12(19-10)11-6-8-13(17-16-11)18(4)9-14(2,3)15/h5-8H,9,15H2,1-4H3. The van der Waals surface area contributed by atoms with Gasteiger partial charge in [-0.2, -0.15) is 0 Å². The molecular formula is C14H20N4O. The van der Waals surface area contributed by atoms with Crippen molar-refractivity contribution in [1.29, 1.82) is 0 Å². The minimum Gasteiger partial charge on any atom is -0.460 e. The molecule has 2 rings (SSSR count). The molecule has 2 aromatic heterocycles. The van der Waals surface area contributed by atoms with Gasteiger partial charge >= 0.3 is 0 Å². The number of anilines is 1. The topological polar surface area (TPSA) is 68.2 Å². The van der Waals surface area contributed by atoms with E-state index in [0.29, 0.717) is 6.54 Å². The summed E-state index contributed by atoms with van der Waals surface area (Å²) in [4.78, 5) is 1.99. The maximum atomic E-state index is 5.99. The zero-order valence-electron chi connectivity index (χ0n) is 11.8. The van der Waals surface area contributed by atoms with Gasteiger partial charge in [-0.25, -0.2) is 0 Å². The van der Waals surface area contributed by atoms with Crippen molar-refractivity contribution in [2.75, 3.05) is 18.5 Å². The van der Waals surface area contributed by atoms with Crippen molar-refractivity contribution in [2.24, 2.45) is 5.73 Å². The first-order valence-corrected chi connectivity index (χ1v) is 6.26. The van der Waals surface area contributed by atoms with Gasteiger partial charge in [0.1, 0.15) is 11.5 Å². The van der Waals surface area contributed by atoms with Crippen LogP contribution in [0.15, 0.2) is 28.7 Å². The highest BCUT2D eigenvalue weighted by molar-refractivity contribution is 5.53. The van der Waals surface area contributed by atoms with Crippen LogP contribution in [0.4, 0.5) is 5.82 Å². The molecule has 5 nitrogen and oxygen atoms in total. The van der Waals surface area contributed by atoms with Crippen LogP contribution in [-0.4, -0.2) is 29.3 Å². The minimum absolute atomic E-state index is 0.271. The van der Waals surface area contributed by atoms with Crippen LogP contribution in [0.25, 0.3) is 11.5 Å².